The molecule has 212 valence electrons. The molecule has 4 nitrogen and oxygen atoms in total. The Labute approximate surface area is 236 Å². The predicted molar refractivity (Wildman–Crippen MR) is 164 cm³/mol. The summed E-state index contributed by atoms with van der Waals surface area (Å²) in [5.74, 6) is 0.560. The summed E-state index contributed by atoms with van der Waals surface area (Å²) in [7, 11) is 0. The van der Waals surface area contributed by atoms with Crippen molar-refractivity contribution in [3.8, 4) is 0 Å². The normalized spacial score (nSPS) is 17.0. The highest BCUT2D eigenvalue weighted by molar-refractivity contribution is 5.92. The molecule has 1 unspecified atom stereocenters. The molecule has 1 atom stereocenters. The Morgan fingerprint density at radius 2 is 1.87 bits per heavy atom. The first-order valence-corrected chi connectivity index (χ1v) is 14.4. The molecular weight excluding hydrogens is 485 g/mol. The van der Waals surface area contributed by atoms with E-state index in [2.05, 4.69) is 62.3 Å². The van der Waals surface area contributed by atoms with Gasteiger partial charge in [-0.15, -0.1) is 0 Å². The lowest BCUT2D eigenvalue weighted by molar-refractivity contribution is -0.128. The molecule has 0 saturated carbocycles. The van der Waals surface area contributed by atoms with Crippen LogP contribution < -0.4 is 10.6 Å². The van der Waals surface area contributed by atoms with Crippen molar-refractivity contribution in [3.05, 3.63) is 94.4 Å². The topological polar surface area (TPSA) is 53.5 Å². The zero-order valence-corrected chi connectivity index (χ0v) is 25.2. The molecule has 1 aliphatic heterocycles. The van der Waals surface area contributed by atoms with E-state index >= 15 is 0 Å². The number of rotatable bonds is 14. The Balaban J connectivity index is 2.61. The number of hydrogen-bond acceptors (Lipinski definition) is 4. The molecule has 5 heteroatoms. The van der Waals surface area contributed by atoms with Crippen LogP contribution in [0.3, 0.4) is 0 Å². The average Bonchev–Trinajstić information content (AvgIpc) is 2.91. The molecule has 1 aromatic carbocycles. The highest BCUT2D eigenvalue weighted by Crippen LogP contribution is 2.40. The predicted octanol–water partition coefficient (Wildman–Crippen LogP) is 8.83. The SMILES string of the molecule is C=C/C(F)=C(\C=C/C)NC1=C(C)C(N=CCC)=CC(c2ccc(C(CCC)(CCC)C(=O)C(C)C)c(C)c2)N1. The van der Waals surface area contributed by atoms with E-state index in [-0.39, 0.29) is 12.0 Å². The molecule has 0 fully saturated rings. The van der Waals surface area contributed by atoms with Crippen molar-refractivity contribution in [1.82, 2.24) is 10.6 Å². The van der Waals surface area contributed by atoms with Crippen LogP contribution in [0.1, 0.15) is 103 Å². The van der Waals surface area contributed by atoms with Crippen molar-refractivity contribution in [1.29, 1.82) is 0 Å². The van der Waals surface area contributed by atoms with Gasteiger partial charge in [-0.25, -0.2) is 4.39 Å². The van der Waals surface area contributed by atoms with Crippen LogP contribution in [0.15, 0.2) is 82.7 Å². The van der Waals surface area contributed by atoms with Gasteiger partial charge in [0.15, 0.2) is 0 Å². The molecule has 0 aromatic heterocycles. The van der Waals surface area contributed by atoms with Crippen molar-refractivity contribution in [2.45, 2.75) is 99.0 Å². The van der Waals surface area contributed by atoms with E-state index in [4.69, 9.17) is 4.99 Å². The largest absolute Gasteiger partial charge is 0.361 e. The fourth-order valence-electron chi connectivity index (χ4n) is 5.54. The Hall–Kier alpha value is -3.21. The molecule has 39 heavy (non-hydrogen) atoms. The lowest BCUT2D eigenvalue weighted by Gasteiger charge is -2.36. The summed E-state index contributed by atoms with van der Waals surface area (Å²) in [6.07, 6.45) is 13.1. The van der Waals surface area contributed by atoms with Crippen LogP contribution >= 0.6 is 0 Å². The fraction of sp³-hybridized carbons (Fsp3) is 0.471. The third-order valence-corrected chi connectivity index (χ3v) is 7.30. The minimum Gasteiger partial charge on any atom is -0.361 e. The number of allylic oxidation sites excluding steroid dienone is 5. The number of dihydropyridines is 1. The van der Waals surface area contributed by atoms with Crippen LogP contribution in [-0.2, 0) is 10.2 Å². The number of carbonyl (C=O) groups is 1. The Morgan fingerprint density at radius 1 is 1.21 bits per heavy atom. The number of nitrogens with zero attached hydrogens (tertiary/aromatic N) is 1. The van der Waals surface area contributed by atoms with Gasteiger partial charge in [-0.05, 0) is 75.0 Å². The first-order valence-electron chi connectivity index (χ1n) is 14.4. The summed E-state index contributed by atoms with van der Waals surface area (Å²) < 4.78 is 14.6. The number of Topliss-reactive ketones (excluding diaryl/α,β-unsaturated/α-hetero) is 1. The van der Waals surface area contributed by atoms with Crippen molar-refractivity contribution in [3.63, 3.8) is 0 Å². The second kappa shape index (κ2) is 14.8. The summed E-state index contributed by atoms with van der Waals surface area (Å²) in [6.45, 7) is 19.9. The van der Waals surface area contributed by atoms with Crippen LogP contribution in [-0.4, -0.2) is 12.0 Å². The highest BCUT2D eigenvalue weighted by atomic mass is 19.1. The molecule has 1 aliphatic rings. The van der Waals surface area contributed by atoms with Gasteiger partial charge in [0.25, 0.3) is 0 Å². The van der Waals surface area contributed by atoms with Gasteiger partial charge in [0, 0.05) is 17.7 Å². The summed E-state index contributed by atoms with van der Waals surface area (Å²) >= 11 is 0. The summed E-state index contributed by atoms with van der Waals surface area (Å²) in [5.41, 5.74) is 4.91. The second-order valence-corrected chi connectivity index (χ2v) is 10.7. The average molecular weight is 534 g/mol. The van der Waals surface area contributed by atoms with Gasteiger partial charge < -0.3 is 10.6 Å². The highest BCUT2D eigenvalue weighted by Gasteiger charge is 2.40. The Bertz CT molecular complexity index is 1180. The Morgan fingerprint density at radius 3 is 2.38 bits per heavy atom. The number of aryl methyl sites for hydroxylation is 1. The van der Waals surface area contributed by atoms with Crippen molar-refractivity contribution in [2.75, 3.05) is 0 Å². The first kappa shape index (κ1) is 32.0. The molecule has 2 rings (SSSR count). The summed E-state index contributed by atoms with van der Waals surface area (Å²) in [4.78, 5) is 18.3. The lowest BCUT2D eigenvalue weighted by Crippen LogP contribution is -2.39. The van der Waals surface area contributed by atoms with Gasteiger partial charge >= 0.3 is 0 Å². The van der Waals surface area contributed by atoms with Crippen LogP contribution in [0, 0.1) is 12.8 Å². The number of halogens is 1. The number of benzene rings is 1. The quantitative estimate of drug-likeness (QED) is 0.185. The van der Waals surface area contributed by atoms with Gasteiger partial charge in [-0.2, -0.15) is 0 Å². The molecule has 0 bridgehead atoms. The minimum absolute atomic E-state index is 0.0266. The van der Waals surface area contributed by atoms with E-state index in [1.54, 1.807) is 12.2 Å². The van der Waals surface area contributed by atoms with Crippen LogP contribution in [0.2, 0.25) is 0 Å². The standard InChI is InChI=1S/C34H48FN3O/c1-10-15-29(28(35)14-5)37-33-25(9)30(36-20-13-4)22-31(38-33)26-16-17-27(24(8)21-26)34(18-11-2,19-12-3)32(39)23(6)7/h10,14-17,20-23,31,37-38H,5,11-13,18-19H2,1-4,6-9H3/b15-10-,29-28-,36-20?. The maximum atomic E-state index is 14.6. The maximum Gasteiger partial charge on any atom is 0.146 e. The molecule has 0 radical (unpaired) electrons. The van der Waals surface area contributed by atoms with Crippen molar-refractivity contribution >= 4 is 12.0 Å². The number of aliphatic imine (C=N–C) groups is 1. The third-order valence-electron chi connectivity index (χ3n) is 7.30. The van der Waals surface area contributed by atoms with E-state index in [1.165, 1.54) is 6.08 Å². The molecule has 0 amide bonds. The first-order chi connectivity index (χ1) is 18.6. The van der Waals surface area contributed by atoms with Gasteiger partial charge in [0.05, 0.1) is 22.9 Å². The van der Waals surface area contributed by atoms with Gasteiger partial charge in [-0.1, -0.05) is 78.3 Å². The van der Waals surface area contributed by atoms with Gasteiger partial charge in [0.2, 0.25) is 0 Å². The molecule has 0 spiro atoms. The minimum atomic E-state index is -0.468. The maximum absolute atomic E-state index is 14.6. The van der Waals surface area contributed by atoms with E-state index in [1.807, 2.05) is 40.8 Å². The Kier molecular flexibility index (Phi) is 12.2. The smallest absolute Gasteiger partial charge is 0.146 e. The zero-order valence-electron chi connectivity index (χ0n) is 25.2. The van der Waals surface area contributed by atoms with Crippen LogP contribution in [0.4, 0.5) is 4.39 Å². The molecular formula is C34H48FN3O. The second-order valence-electron chi connectivity index (χ2n) is 10.7. The molecule has 1 heterocycles. The van der Waals surface area contributed by atoms with Gasteiger partial charge in [0.1, 0.15) is 17.4 Å². The lowest BCUT2D eigenvalue weighted by atomic mass is 9.66. The number of ketones is 1. The zero-order chi connectivity index (χ0) is 29.2. The number of hydrogen-bond donors (Lipinski definition) is 2. The van der Waals surface area contributed by atoms with Crippen molar-refractivity contribution < 1.29 is 9.18 Å². The van der Waals surface area contributed by atoms with Crippen molar-refractivity contribution in [2.24, 2.45) is 10.9 Å². The molecule has 0 saturated heterocycles. The van der Waals surface area contributed by atoms with E-state index < -0.39 is 11.2 Å². The van der Waals surface area contributed by atoms with E-state index in [0.717, 1.165) is 60.1 Å². The van der Waals surface area contributed by atoms with Gasteiger partial charge in [-0.3, -0.25) is 9.79 Å². The molecule has 1 aromatic rings. The molecule has 0 aliphatic carbocycles. The monoisotopic (exact) mass is 533 g/mol. The summed E-state index contributed by atoms with van der Waals surface area (Å²) in [5, 5.41) is 6.78. The third kappa shape index (κ3) is 7.46. The number of carbonyl (C=O) groups excluding carboxylic acids is 1. The number of nitrogens with one attached hydrogen (secondary N) is 2. The van der Waals surface area contributed by atoms with E-state index in [9.17, 15) is 9.18 Å². The fourth-order valence-corrected chi connectivity index (χ4v) is 5.54. The molecule has 2 N–H and O–H groups in total. The van der Waals surface area contributed by atoms with Crippen LogP contribution in [0.25, 0.3) is 0 Å². The summed E-state index contributed by atoms with van der Waals surface area (Å²) in [6, 6.07) is 6.28. The van der Waals surface area contributed by atoms with E-state index in [0.29, 0.717) is 17.3 Å². The van der Waals surface area contributed by atoms with Crippen LogP contribution in [0.5, 0.6) is 0 Å².